The summed E-state index contributed by atoms with van der Waals surface area (Å²) in [4.78, 5) is 12.5. The van der Waals surface area contributed by atoms with Gasteiger partial charge in [0.15, 0.2) is 0 Å². The molecule has 0 radical (unpaired) electrons. The molecule has 0 aromatic heterocycles. The fraction of sp³-hybridized carbons (Fsp3) is 0.870. The van der Waals surface area contributed by atoms with Gasteiger partial charge in [-0.2, -0.15) is 0 Å². The van der Waals surface area contributed by atoms with E-state index in [1.165, 1.54) is 18.4 Å². The molecule has 0 amide bonds. The van der Waals surface area contributed by atoms with Gasteiger partial charge in [-0.1, -0.05) is 24.5 Å². The van der Waals surface area contributed by atoms with E-state index in [2.05, 4.69) is 32.2 Å². The Morgan fingerprint density at radius 2 is 1.97 bits per heavy atom. The Hall–Kier alpha value is -0.950. The molecule has 2 saturated heterocycles. The summed E-state index contributed by atoms with van der Waals surface area (Å²) in [6.45, 7) is 7.41. The van der Waals surface area contributed by atoms with Crippen LogP contribution < -0.4 is 5.32 Å². The number of hydrogen-bond acceptors (Lipinski definition) is 6. The van der Waals surface area contributed by atoms with E-state index in [1.54, 1.807) is 7.11 Å². The monoisotopic (exact) mass is 407 g/mol. The number of rotatable bonds is 8. The van der Waals surface area contributed by atoms with E-state index in [0.29, 0.717) is 6.04 Å². The SMILES string of the molecule is CO[C@@H]1[C@H](OC(=O)CNC2CCCC2)CC[C@]2(CO2)[C@H]1[C@]1(C)O[C@@H]1CC=C(C)C. The zero-order chi connectivity index (χ0) is 20.6. The number of ether oxygens (including phenoxy) is 4. The molecule has 2 heterocycles. The Morgan fingerprint density at radius 3 is 2.59 bits per heavy atom. The van der Waals surface area contributed by atoms with Crippen molar-refractivity contribution in [2.75, 3.05) is 20.3 Å². The number of epoxide rings is 2. The fourth-order valence-corrected chi connectivity index (χ4v) is 5.64. The molecule has 6 atom stereocenters. The van der Waals surface area contributed by atoms with E-state index < -0.39 is 0 Å². The van der Waals surface area contributed by atoms with E-state index in [1.807, 2.05) is 0 Å². The minimum absolute atomic E-state index is 0.0740. The molecule has 1 spiro atoms. The molecule has 4 rings (SSSR count). The van der Waals surface area contributed by atoms with Crippen LogP contribution in [0.3, 0.4) is 0 Å². The highest BCUT2D eigenvalue weighted by Crippen LogP contribution is 2.59. The molecule has 0 aromatic carbocycles. The van der Waals surface area contributed by atoms with E-state index in [4.69, 9.17) is 18.9 Å². The maximum atomic E-state index is 12.5. The summed E-state index contributed by atoms with van der Waals surface area (Å²) < 4.78 is 24.0. The third-order valence-electron chi connectivity index (χ3n) is 7.41. The number of carbonyl (C=O) groups excluding carboxylic acids is 1. The van der Waals surface area contributed by atoms with Gasteiger partial charge in [-0.25, -0.2) is 0 Å². The molecule has 1 N–H and O–H groups in total. The average Bonchev–Trinajstić information content (AvgIpc) is 3.52. The number of methoxy groups -OCH3 is 1. The van der Waals surface area contributed by atoms with Crippen molar-refractivity contribution in [2.24, 2.45) is 5.92 Å². The Morgan fingerprint density at radius 1 is 1.24 bits per heavy atom. The predicted molar refractivity (Wildman–Crippen MR) is 110 cm³/mol. The molecule has 0 aromatic rings. The van der Waals surface area contributed by atoms with Crippen molar-refractivity contribution in [3.63, 3.8) is 0 Å². The summed E-state index contributed by atoms with van der Waals surface area (Å²) in [6.07, 6.45) is 9.31. The third-order valence-corrected chi connectivity index (χ3v) is 7.41. The van der Waals surface area contributed by atoms with Crippen LogP contribution in [-0.4, -0.2) is 61.8 Å². The van der Waals surface area contributed by atoms with Gasteiger partial charge in [0.2, 0.25) is 0 Å². The van der Waals surface area contributed by atoms with Gasteiger partial charge in [-0.15, -0.1) is 0 Å². The first-order chi connectivity index (χ1) is 13.9. The lowest BCUT2D eigenvalue weighted by atomic mass is 9.68. The molecule has 2 aliphatic heterocycles. The van der Waals surface area contributed by atoms with Crippen LogP contribution in [0.4, 0.5) is 0 Å². The minimum Gasteiger partial charge on any atom is -0.459 e. The van der Waals surface area contributed by atoms with Crippen LogP contribution in [0.25, 0.3) is 0 Å². The highest BCUT2D eigenvalue weighted by Gasteiger charge is 2.72. The molecule has 6 heteroatoms. The normalized spacial score (nSPS) is 41.4. The van der Waals surface area contributed by atoms with Crippen molar-refractivity contribution >= 4 is 5.97 Å². The molecule has 2 aliphatic carbocycles. The van der Waals surface area contributed by atoms with E-state index in [9.17, 15) is 4.79 Å². The molecule has 164 valence electrons. The Balaban J connectivity index is 1.40. The Labute approximate surface area is 174 Å². The highest BCUT2D eigenvalue weighted by molar-refractivity contribution is 5.72. The van der Waals surface area contributed by atoms with Gasteiger partial charge in [0.05, 0.1) is 25.2 Å². The topological polar surface area (TPSA) is 72.6 Å². The number of hydrogen-bond donors (Lipinski definition) is 1. The van der Waals surface area contributed by atoms with Crippen molar-refractivity contribution in [3.8, 4) is 0 Å². The summed E-state index contributed by atoms with van der Waals surface area (Å²) in [6, 6.07) is 0.456. The molecule has 0 unspecified atom stereocenters. The first-order valence-corrected chi connectivity index (χ1v) is 11.3. The van der Waals surface area contributed by atoms with Crippen molar-refractivity contribution in [3.05, 3.63) is 11.6 Å². The first-order valence-electron chi connectivity index (χ1n) is 11.3. The summed E-state index contributed by atoms with van der Waals surface area (Å²) in [5, 5.41) is 3.35. The lowest BCUT2D eigenvalue weighted by Crippen LogP contribution is -2.56. The molecular formula is C23H37NO5. The summed E-state index contributed by atoms with van der Waals surface area (Å²) in [5.41, 5.74) is 0.824. The molecule has 29 heavy (non-hydrogen) atoms. The van der Waals surface area contributed by atoms with Gasteiger partial charge < -0.3 is 24.3 Å². The van der Waals surface area contributed by atoms with Crippen LogP contribution >= 0.6 is 0 Å². The van der Waals surface area contributed by atoms with Crippen LogP contribution in [-0.2, 0) is 23.7 Å². The second kappa shape index (κ2) is 8.29. The van der Waals surface area contributed by atoms with Gasteiger partial charge in [0, 0.05) is 13.2 Å². The van der Waals surface area contributed by atoms with Crippen LogP contribution in [0.15, 0.2) is 11.6 Å². The average molecular weight is 408 g/mol. The minimum atomic E-state index is -0.295. The van der Waals surface area contributed by atoms with Crippen LogP contribution in [0.2, 0.25) is 0 Å². The van der Waals surface area contributed by atoms with Crippen LogP contribution in [0.5, 0.6) is 0 Å². The molecular weight excluding hydrogens is 370 g/mol. The van der Waals surface area contributed by atoms with Crippen molar-refractivity contribution in [1.82, 2.24) is 5.32 Å². The number of nitrogens with one attached hydrogen (secondary N) is 1. The molecule has 4 aliphatic rings. The zero-order valence-corrected chi connectivity index (χ0v) is 18.4. The maximum Gasteiger partial charge on any atom is 0.320 e. The van der Waals surface area contributed by atoms with Gasteiger partial charge in [0.1, 0.15) is 23.4 Å². The van der Waals surface area contributed by atoms with Crippen molar-refractivity contribution < 1.29 is 23.7 Å². The second-order valence-corrected chi connectivity index (χ2v) is 9.77. The van der Waals surface area contributed by atoms with E-state index in [-0.39, 0.29) is 47.9 Å². The zero-order valence-electron chi connectivity index (χ0n) is 18.4. The summed E-state index contributed by atoms with van der Waals surface area (Å²) in [5.74, 6) is -0.108. The maximum absolute atomic E-state index is 12.5. The van der Waals surface area contributed by atoms with Gasteiger partial charge >= 0.3 is 5.97 Å². The summed E-state index contributed by atoms with van der Waals surface area (Å²) in [7, 11) is 1.72. The van der Waals surface area contributed by atoms with Crippen molar-refractivity contribution in [1.29, 1.82) is 0 Å². The van der Waals surface area contributed by atoms with Crippen molar-refractivity contribution in [2.45, 2.75) is 101 Å². The molecule has 2 saturated carbocycles. The highest BCUT2D eigenvalue weighted by atomic mass is 16.6. The van der Waals surface area contributed by atoms with Gasteiger partial charge in [-0.05, 0) is 52.9 Å². The van der Waals surface area contributed by atoms with E-state index >= 15 is 0 Å². The first kappa shape index (κ1) is 21.3. The number of carbonyl (C=O) groups is 1. The van der Waals surface area contributed by atoms with Gasteiger partial charge in [-0.3, -0.25) is 4.79 Å². The molecule has 0 bridgehead atoms. The number of allylic oxidation sites excluding steroid dienone is 1. The Bertz CT molecular complexity index is 635. The lowest BCUT2D eigenvalue weighted by Gasteiger charge is -2.42. The molecule has 6 nitrogen and oxygen atoms in total. The smallest absolute Gasteiger partial charge is 0.320 e. The van der Waals surface area contributed by atoms with Crippen LogP contribution in [0, 0.1) is 5.92 Å². The fourth-order valence-electron chi connectivity index (χ4n) is 5.64. The lowest BCUT2D eigenvalue weighted by molar-refractivity contribution is -0.171. The van der Waals surface area contributed by atoms with Crippen LogP contribution in [0.1, 0.15) is 65.7 Å². The van der Waals surface area contributed by atoms with E-state index in [0.717, 1.165) is 38.7 Å². The largest absolute Gasteiger partial charge is 0.459 e. The quantitative estimate of drug-likeness (QED) is 0.379. The third kappa shape index (κ3) is 4.41. The van der Waals surface area contributed by atoms with Gasteiger partial charge in [0.25, 0.3) is 0 Å². The predicted octanol–water partition coefficient (Wildman–Crippen LogP) is 3.14. The number of esters is 1. The molecule has 4 fully saturated rings. The second-order valence-electron chi connectivity index (χ2n) is 9.77. The standard InChI is InChI=1S/C23H37NO5/c1-15(2)9-10-18-22(3,29-18)21-20(26-4)17(11-12-23(21)14-27-23)28-19(25)13-24-16-7-5-6-8-16/h9,16-18,20-21,24H,5-8,10-14H2,1-4H3/t17-,18-,20-,21-,22-,23+/m1/s1. The summed E-state index contributed by atoms with van der Waals surface area (Å²) >= 11 is 0. The Kier molecular flexibility index (Phi) is 6.09.